The summed E-state index contributed by atoms with van der Waals surface area (Å²) < 4.78 is 22.1. The maximum absolute atomic E-state index is 15.5. The standard InChI is InChI=1S/C32H26FNO3/c1-23(29(33)21-34-30(35)27-19-11-12-20-28(27)31(34)36)22-37-32(24-13-5-2-6-14-24,25-15-7-3-8-16-25)26-17-9-4-10-18-26/h2-20H,21-22H2,1H3/b29-23-. The van der Waals surface area contributed by atoms with Gasteiger partial charge in [0.05, 0.1) is 24.3 Å². The van der Waals surface area contributed by atoms with Gasteiger partial charge in [-0.25, -0.2) is 4.39 Å². The number of fused-ring (bicyclic) bond motifs is 1. The summed E-state index contributed by atoms with van der Waals surface area (Å²) in [6.45, 7) is 1.14. The van der Waals surface area contributed by atoms with Crippen LogP contribution >= 0.6 is 0 Å². The number of hydrogen-bond acceptors (Lipinski definition) is 3. The highest BCUT2D eigenvalue weighted by atomic mass is 19.1. The third kappa shape index (κ3) is 4.50. The van der Waals surface area contributed by atoms with Gasteiger partial charge >= 0.3 is 0 Å². The van der Waals surface area contributed by atoms with Gasteiger partial charge in [-0.2, -0.15) is 0 Å². The number of rotatable bonds is 8. The number of imide groups is 1. The van der Waals surface area contributed by atoms with Crippen molar-refractivity contribution in [2.75, 3.05) is 13.2 Å². The molecule has 4 nitrogen and oxygen atoms in total. The zero-order valence-corrected chi connectivity index (χ0v) is 20.4. The second kappa shape index (κ2) is 10.3. The number of amides is 2. The summed E-state index contributed by atoms with van der Waals surface area (Å²) >= 11 is 0. The summed E-state index contributed by atoms with van der Waals surface area (Å²) in [5.74, 6) is -1.55. The lowest BCUT2D eigenvalue weighted by Gasteiger charge is -2.36. The smallest absolute Gasteiger partial charge is 0.261 e. The van der Waals surface area contributed by atoms with Gasteiger partial charge in [-0.3, -0.25) is 14.5 Å². The molecular weight excluding hydrogens is 465 g/mol. The van der Waals surface area contributed by atoms with E-state index in [1.54, 1.807) is 31.2 Å². The van der Waals surface area contributed by atoms with Gasteiger partial charge in [-0.1, -0.05) is 103 Å². The van der Waals surface area contributed by atoms with Crippen LogP contribution in [-0.2, 0) is 10.3 Å². The number of carbonyl (C=O) groups is 2. The molecular formula is C32H26FNO3. The summed E-state index contributed by atoms with van der Waals surface area (Å²) in [4.78, 5) is 26.4. The molecule has 0 fully saturated rings. The fraction of sp³-hybridized carbons (Fsp3) is 0.125. The minimum absolute atomic E-state index is 0.0479. The Balaban J connectivity index is 1.48. The molecule has 0 unspecified atom stereocenters. The lowest BCUT2D eigenvalue weighted by molar-refractivity contribution is 0.0266. The summed E-state index contributed by atoms with van der Waals surface area (Å²) in [5.41, 5.74) is 2.61. The van der Waals surface area contributed by atoms with E-state index in [0.29, 0.717) is 16.7 Å². The molecule has 4 aromatic carbocycles. The van der Waals surface area contributed by atoms with E-state index in [-0.39, 0.29) is 6.61 Å². The highest BCUT2D eigenvalue weighted by molar-refractivity contribution is 6.21. The van der Waals surface area contributed by atoms with Crippen molar-refractivity contribution in [2.24, 2.45) is 0 Å². The number of hydrogen-bond donors (Lipinski definition) is 0. The van der Waals surface area contributed by atoms with Gasteiger partial charge < -0.3 is 4.74 Å². The Bertz CT molecular complexity index is 1320. The first-order chi connectivity index (χ1) is 18.0. The third-order valence-corrected chi connectivity index (χ3v) is 6.68. The highest BCUT2D eigenvalue weighted by Gasteiger charge is 2.38. The second-order valence-electron chi connectivity index (χ2n) is 9.00. The van der Waals surface area contributed by atoms with Crippen LogP contribution in [0.15, 0.2) is 127 Å². The fourth-order valence-electron chi connectivity index (χ4n) is 4.72. The van der Waals surface area contributed by atoms with E-state index in [9.17, 15) is 9.59 Å². The number of halogens is 1. The van der Waals surface area contributed by atoms with Gasteiger partial charge in [0.15, 0.2) is 0 Å². The van der Waals surface area contributed by atoms with Crippen molar-refractivity contribution < 1.29 is 18.7 Å². The van der Waals surface area contributed by atoms with Crippen molar-refractivity contribution in [1.29, 1.82) is 0 Å². The van der Waals surface area contributed by atoms with E-state index in [4.69, 9.17) is 4.74 Å². The minimum Gasteiger partial charge on any atom is -0.356 e. The third-order valence-electron chi connectivity index (χ3n) is 6.68. The molecule has 0 aliphatic carbocycles. The molecule has 1 aliphatic heterocycles. The van der Waals surface area contributed by atoms with E-state index in [1.165, 1.54) is 0 Å². The van der Waals surface area contributed by atoms with Crippen LogP contribution in [0.3, 0.4) is 0 Å². The molecule has 0 N–H and O–H groups in total. The lowest BCUT2D eigenvalue weighted by atomic mass is 9.80. The second-order valence-corrected chi connectivity index (χ2v) is 9.00. The molecule has 0 aromatic heterocycles. The Labute approximate surface area is 215 Å². The summed E-state index contributed by atoms with van der Waals surface area (Å²) in [6, 6.07) is 36.0. The van der Waals surface area contributed by atoms with Crippen molar-refractivity contribution in [1.82, 2.24) is 4.90 Å². The molecule has 0 atom stereocenters. The monoisotopic (exact) mass is 491 g/mol. The Kier molecular flexibility index (Phi) is 6.80. The molecule has 0 spiro atoms. The maximum atomic E-state index is 15.5. The van der Waals surface area contributed by atoms with Gasteiger partial charge in [0, 0.05) is 0 Å². The molecule has 2 amide bonds. The van der Waals surface area contributed by atoms with Crippen LogP contribution in [0.5, 0.6) is 0 Å². The van der Waals surface area contributed by atoms with Crippen molar-refractivity contribution in [3.05, 3.63) is 154 Å². The van der Waals surface area contributed by atoms with Crippen LogP contribution in [-0.4, -0.2) is 29.9 Å². The molecule has 5 rings (SSSR count). The molecule has 0 bridgehead atoms. The van der Waals surface area contributed by atoms with Crippen LogP contribution in [0.25, 0.3) is 0 Å². The predicted octanol–water partition coefficient (Wildman–Crippen LogP) is 6.53. The van der Waals surface area contributed by atoms with Gasteiger partial charge in [-0.05, 0) is 41.3 Å². The van der Waals surface area contributed by atoms with Crippen LogP contribution in [0.4, 0.5) is 4.39 Å². The SMILES string of the molecule is C/C(COC(c1ccccc1)(c1ccccc1)c1ccccc1)=C(/F)CN1C(=O)c2ccccc2C1=O. The van der Waals surface area contributed by atoms with Gasteiger partial charge in [-0.15, -0.1) is 0 Å². The molecule has 0 saturated heterocycles. The summed E-state index contributed by atoms with van der Waals surface area (Å²) in [7, 11) is 0. The summed E-state index contributed by atoms with van der Waals surface area (Å²) in [5, 5.41) is 0. The Morgan fingerprint density at radius 1 is 0.676 bits per heavy atom. The first-order valence-corrected chi connectivity index (χ1v) is 12.1. The van der Waals surface area contributed by atoms with Crippen molar-refractivity contribution in [3.8, 4) is 0 Å². The average Bonchev–Trinajstić information content (AvgIpc) is 3.20. The molecule has 5 heteroatoms. The minimum atomic E-state index is -0.999. The highest BCUT2D eigenvalue weighted by Crippen LogP contribution is 2.41. The number of ether oxygens (including phenoxy) is 1. The molecule has 184 valence electrons. The summed E-state index contributed by atoms with van der Waals surface area (Å²) in [6.07, 6.45) is 0. The van der Waals surface area contributed by atoms with Gasteiger partial charge in [0.2, 0.25) is 0 Å². The Morgan fingerprint density at radius 2 is 1.05 bits per heavy atom. The zero-order valence-electron chi connectivity index (χ0n) is 20.4. The number of benzene rings is 4. The van der Waals surface area contributed by atoms with Gasteiger partial charge in [0.1, 0.15) is 11.4 Å². The van der Waals surface area contributed by atoms with Crippen molar-refractivity contribution in [2.45, 2.75) is 12.5 Å². The molecule has 37 heavy (non-hydrogen) atoms. The number of nitrogens with zero attached hydrogens (tertiary/aromatic N) is 1. The Morgan fingerprint density at radius 3 is 1.46 bits per heavy atom. The fourth-order valence-corrected chi connectivity index (χ4v) is 4.72. The first-order valence-electron chi connectivity index (χ1n) is 12.1. The lowest BCUT2D eigenvalue weighted by Crippen LogP contribution is -2.34. The van der Waals surface area contributed by atoms with Crippen LogP contribution in [0.1, 0.15) is 44.3 Å². The quantitative estimate of drug-likeness (QED) is 0.208. The van der Waals surface area contributed by atoms with Crippen molar-refractivity contribution in [3.63, 3.8) is 0 Å². The van der Waals surface area contributed by atoms with Crippen LogP contribution in [0.2, 0.25) is 0 Å². The van der Waals surface area contributed by atoms with Crippen molar-refractivity contribution >= 4 is 11.8 Å². The molecule has 1 heterocycles. The molecule has 0 saturated carbocycles. The molecule has 1 aliphatic rings. The zero-order chi connectivity index (χ0) is 25.8. The predicted molar refractivity (Wildman–Crippen MR) is 141 cm³/mol. The number of carbonyl (C=O) groups excluding carboxylic acids is 2. The van der Waals surface area contributed by atoms with E-state index in [2.05, 4.69) is 0 Å². The van der Waals surface area contributed by atoms with E-state index < -0.39 is 29.8 Å². The largest absolute Gasteiger partial charge is 0.356 e. The van der Waals surface area contributed by atoms with E-state index >= 15 is 4.39 Å². The van der Waals surface area contributed by atoms with E-state index in [1.807, 2.05) is 91.0 Å². The topological polar surface area (TPSA) is 46.6 Å². The molecule has 0 radical (unpaired) electrons. The van der Waals surface area contributed by atoms with Crippen LogP contribution < -0.4 is 0 Å². The Hall–Kier alpha value is -4.35. The molecule has 4 aromatic rings. The van der Waals surface area contributed by atoms with Crippen LogP contribution in [0, 0.1) is 0 Å². The average molecular weight is 492 g/mol. The normalized spacial score (nSPS) is 13.9. The first kappa shape index (κ1) is 24.3. The maximum Gasteiger partial charge on any atom is 0.261 e. The van der Waals surface area contributed by atoms with E-state index in [0.717, 1.165) is 21.6 Å². The van der Waals surface area contributed by atoms with Gasteiger partial charge in [0.25, 0.3) is 11.8 Å².